The molecule has 6 heteroatoms. The summed E-state index contributed by atoms with van der Waals surface area (Å²) in [7, 11) is 0. The summed E-state index contributed by atoms with van der Waals surface area (Å²) in [5, 5.41) is 30.6. The number of hydrogen-bond acceptors (Lipinski definition) is 6. The van der Waals surface area contributed by atoms with Crippen LogP contribution in [0.3, 0.4) is 0 Å². The average molecular weight is 1660 g/mol. The fraction of sp³-hybridized carbons (Fsp3) is 0. The van der Waals surface area contributed by atoms with Crippen LogP contribution in [0.25, 0.3) is 180 Å². The molecule has 3 aromatic heterocycles. The van der Waals surface area contributed by atoms with E-state index in [0.29, 0.717) is 0 Å². The van der Waals surface area contributed by atoms with Crippen molar-refractivity contribution in [2.24, 2.45) is 0 Å². The molecule has 0 aliphatic carbocycles. The lowest BCUT2D eigenvalue weighted by molar-refractivity contribution is 1.30. The molecule has 0 aliphatic heterocycles. The highest BCUT2D eigenvalue weighted by molar-refractivity contribution is 7.27. The van der Waals surface area contributed by atoms with E-state index < -0.39 is 0 Å². The molecule has 26 aromatic rings. The van der Waals surface area contributed by atoms with Gasteiger partial charge in [0.05, 0.1) is 22.7 Å². The second kappa shape index (κ2) is 31.4. The molecule has 0 amide bonds. The van der Waals surface area contributed by atoms with Gasteiger partial charge in [-0.15, -0.1) is 34.0 Å². The fourth-order valence-corrected chi connectivity index (χ4v) is 23.0. The van der Waals surface area contributed by atoms with Gasteiger partial charge in [0.15, 0.2) is 0 Å². The smallest absolute Gasteiger partial charge is 0.0540 e. The van der Waals surface area contributed by atoms with Crippen molar-refractivity contribution < 1.29 is 0 Å². The highest BCUT2D eigenvalue weighted by Crippen LogP contribution is 2.50. The molecule has 0 fully saturated rings. The van der Waals surface area contributed by atoms with Gasteiger partial charge in [0.25, 0.3) is 0 Å². The predicted octanol–water partition coefficient (Wildman–Crippen LogP) is 36.3. The Morgan fingerprint density at radius 3 is 0.841 bits per heavy atom. The molecule has 590 valence electrons. The highest BCUT2D eigenvalue weighted by Gasteiger charge is 2.24. The number of anilines is 9. The van der Waals surface area contributed by atoms with E-state index in [-0.39, 0.29) is 0 Å². The summed E-state index contributed by atoms with van der Waals surface area (Å²) in [6, 6.07) is 170. The quantitative estimate of drug-likeness (QED) is 0.128. The molecule has 3 nitrogen and oxygen atoms in total. The minimum Gasteiger partial charge on any atom is -0.310 e. The van der Waals surface area contributed by atoms with Gasteiger partial charge in [-0.3, -0.25) is 0 Å². The molecule has 3 heterocycles. The van der Waals surface area contributed by atoms with Crippen molar-refractivity contribution in [1.29, 1.82) is 0 Å². The maximum atomic E-state index is 2.43. The molecule has 0 saturated heterocycles. The molecule has 26 rings (SSSR count). The largest absolute Gasteiger partial charge is 0.310 e. The van der Waals surface area contributed by atoms with Gasteiger partial charge in [0.2, 0.25) is 0 Å². The number of hydrogen-bond donors (Lipinski definition) is 0. The lowest BCUT2D eigenvalue weighted by atomic mass is 9.98. The molecular formula is C120H77N3S3. The van der Waals surface area contributed by atoms with Gasteiger partial charge >= 0.3 is 0 Å². The van der Waals surface area contributed by atoms with Crippen molar-refractivity contribution in [1.82, 2.24) is 0 Å². The van der Waals surface area contributed by atoms with Gasteiger partial charge in [-0.1, -0.05) is 358 Å². The summed E-state index contributed by atoms with van der Waals surface area (Å²) < 4.78 is 8.08. The Morgan fingerprint density at radius 1 is 0.135 bits per heavy atom. The Balaban J connectivity index is 0.000000106. The van der Waals surface area contributed by atoms with Crippen molar-refractivity contribution in [2.75, 3.05) is 14.7 Å². The van der Waals surface area contributed by atoms with Crippen LogP contribution in [0.15, 0.2) is 467 Å². The van der Waals surface area contributed by atoms with Crippen LogP contribution in [-0.2, 0) is 0 Å². The second-order valence-corrected chi connectivity index (χ2v) is 35.7. The van der Waals surface area contributed by atoms with E-state index in [1.54, 1.807) is 0 Å². The van der Waals surface area contributed by atoms with Gasteiger partial charge in [-0.25, -0.2) is 0 Å². The first-order valence-corrected chi connectivity index (χ1v) is 45.4. The lowest BCUT2D eigenvalue weighted by Gasteiger charge is -2.28. The molecule has 0 radical (unpaired) electrons. The summed E-state index contributed by atoms with van der Waals surface area (Å²) in [5.74, 6) is 0. The number of nitrogens with zero attached hydrogens (tertiary/aromatic N) is 3. The Kier molecular flexibility index (Phi) is 18.5. The maximum Gasteiger partial charge on any atom is 0.0540 e. The standard InChI is InChI=1S/2C42H27NS.C36H23NS/c1-3-13-34-28(9-1)11-7-16-35(34)30-19-22-32(23-20-30)43(40-17-8-12-29-10-2-4-14-36(29)40)33-24-26-37-31(27-33)21-25-39-38-15-5-6-18-41(38)44-42(37)39;1-2-9-28(10-3-1)30-17-18-32-26-34(21-19-31(32)25-30)43(40-15-8-12-29-11-4-5-13-36(29)40)35-22-24-37-33(27-35)20-23-39-38-14-6-7-16-41(38)44-42(37)39;1-3-13-28-24(9-1)11-7-16-33(28)37(34-17-8-12-25-10-2-4-14-29(25)34)27-20-22-30-26(23-27)19-21-32-31-15-5-6-18-35(31)38-36(30)32/h2*1-27H;1-23H. The third kappa shape index (κ3) is 13.2. The molecule has 0 bridgehead atoms. The average Bonchev–Trinajstić information content (AvgIpc) is 1.29. The Bertz CT molecular complexity index is 8680. The van der Waals surface area contributed by atoms with Crippen LogP contribution in [0.4, 0.5) is 51.2 Å². The number of thiophene rings is 3. The topological polar surface area (TPSA) is 9.72 Å². The molecule has 0 N–H and O–H groups in total. The van der Waals surface area contributed by atoms with Crippen molar-refractivity contribution in [2.45, 2.75) is 0 Å². The van der Waals surface area contributed by atoms with Gasteiger partial charge in [0, 0.05) is 110 Å². The summed E-state index contributed by atoms with van der Waals surface area (Å²) in [5.41, 5.74) is 15.4. The second-order valence-electron chi connectivity index (χ2n) is 32.5. The molecule has 23 aromatic carbocycles. The molecular weight excluding hydrogens is 1580 g/mol. The summed E-state index contributed by atoms with van der Waals surface area (Å²) >= 11 is 5.66. The van der Waals surface area contributed by atoms with Crippen LogP contribution in [0, 0.1) is 0 Å². The van der Waals surface area contributed by atoms with Crippen LogP contribution >= 0.6 is 34.0 Å². The van der Waals surface area contributed by atoms with E-state index in [9.17, 15) is 0 Å². The first-order chi connectivity index (χ1) is 62.5. The van der Waals surface area contributed by atoms with E-state index in [4.69, 9.17) is 0 Å². The van der Waals surface area contributed by atoms with Crippen molar-refractivity contribution in [3.05, 3.63) is 467 Å². The van der Waals surface area contributed by atoms with E-state index in [2.05, 4.69) is 482 Å². The van der Waals surface area contributed by atoms with Gasteiger partial charge in [-0.2, -0.15) is 0 Å². The highest BCUT2D eigenvalue weighted by atomic mass is 32.1. The van der Waals surface area contributed by atoms with Crippen LogP contribution < -0.4 is 14.7 Å². The third-order valence-electron chi connectivity index (χ3n) is 25.2. The zero-order valence-electron chi connectivity index (χ0n) is 68.5. The molecule has 0 saturated carbocycles. The van der Waals surface area contributed by atoms with E-state index in [0.717, 1.165) is 28.4 Å². The monoisotopic (exact) mass is 1660 g/mol. The molecule has 0 spiro atoms. The number of benzene rings is 23. The minimum atomic E-state index is 1.13. The van der Waals surface area contributed by atoms with E-state index >= 15 is 0 Å². The van der Waals surface area contributed by atoms with Gasteiger partial charge in [-0.05, 0) is 207 Å². The molecule has 0 atom stereocenters. The fourth-order valence-electron chi connectivity index (χ4n) is 19.2. The predicted molar refractivity (Wildman–Crippen MR) is 550 cm³/mol. The third-order valence-corrected chi connectivity index (χ3v) is 28.9. The summed E-state index contributed by atoms with van der Waals surface area (Å²) in [4.78, 5) is 7.25. The van der Waals surface area contributed by atoms with Crippen LogP contribution in [-0.4, -0.2) is 0 Å². The normalized spacial score (nSPS) is 11.7. The van der Waals surface area contributed by atoms with Crippen LogP contribution in [0.5, 0.6) is 0 Å². The summed E-state index contributed by atoms with van der Waals surface area (Å²) in [6.07, 6.45) is 0. The molecule has 0 aliphatic rings. The molecule has 0 unspecified atom stereocenters. The van der Waals surface area contributed by atoms with E-state index in [1.807, 2.05) is 34.0 Å². The van der Waals surface area contributed by atoms with Crippen LogP contribution in [0.1, 0.15) is 0 Å². The van der Waals surface area contributed by atoms with Gasteiger partial charge < -0.3 is 14.7 Å². The first kappa shape index (κ1) is 74.3. The number of rotatable bonds is 11. The van der Waals surface area contributed by atoms with Crippen LogP contribution in [0.2, 0.25) is 0 Å². The SMILES string of the molecule is c1ccc(-c2ccc3cc(N(c4ccc5c(ccc6c7ccccc7sc56)c4)c4cccc5ccccc45)ccc3c2)cc1.c1ccc2c(-c3ccc(N(c4ccc5c(ccc6c7ccccc7sc56)c4)c4cccc5ccccc45)cc3)cccc2c1.c1ccc2c(N(c3ccc4c(ccc5c6ccccc6sc45)c3)c3cccc4ccccc34)cccc2c1. The van der Waals surface area contributed by atoms with E-state index in [1.165, 1.54) is 202 Å². The Labute approximate surface area is 740 Å². The van der Waals surface area contributed by atoms with Crippen molar-refractivity contribution in [3.8, 4) is 22.3 Å². The maximum absolute atomic E-state index is 2.43. The number of fused-ring (bicyclic) bond motifs is 21. The first-order valence-electron chi connectivity index (χ1n) is 43.0. The Morgan fingerprint density at radius 2 is 0.413 bits per heavy atom. The zero-order valence-corrected chi connectivity index (χ0v) is 71.0. The summed E-state index contributed by atoms with van der Waals surface area (Å²) in [6.45, 7) is 0. The lowest BCUT2D eigenvalue weighted by Crippen LogP contribution is -2.11. The van der Waals surface area contributed by atoms with Crippen molar-refractivity contribution >= 4 is 243 Å². The molecule has 126 heavy (non-hydrogen) atoms. The zero-order chi connectivity index (χ0) is 83.1. The minimum absolute atomic E-state index is 1.13. The Hall–Kier alpha value is -15.5. The van der Waals surface area contributed by atoms with Gasteiger partial charge in [0.1, 0.15) is 0 Å². The van der Waals surface area contributed by atoms with Crippen molar-refractivity contribution in [3.63, 3.8) is 0 Å².